The predicted molar refractivity (Wildman–Crippen MR) is 111 cm³/mol. The molecule has 3 aromatic rings. The number of rotatable bonds is 8. The van der Waals surface area contributed by atoms with Crippen molar-refractivity contribution in [3.05, 3.63) is 102 Å². The van der Waals surface area contributed by atoms with Crippen molar-refractivity contribution in [3.63, 3.8) is 0 Å². The van der Waals surface area contributed by atoms with E-state index >= 15 is 0 Å². The van der Waals surface area contributed by atoms with Gasteiger partial charge < -0.3 is 10.1 Å². The minimum Gasteiger partial charge on any atom is -0.462 e. The molecule has 1 N–H and O–H groups in total. The first-order chi connectivity index (χ1) is 14.1. The highest BCUT2D eigenvalue weighted by Gasteiger charge is 2.15. The summed E-state index contributed by atoms with van der Waals surface area (Å²) in [7, 11) is 0. The number of ether oxygens (including phenoxy) is 1. The highest BCUT2D eigenvalue weighted by molar-refractivity contribution is 6.08. The number of Topliss-reactive ketones (excluding diaryl/α,β-unsaturated/α-hetero) is 1. The van der Waals surface area contributed by atoms with Gasteiger partial charge in [0.05, 0.1) is 17.9 Å². The topological polar surface area (TPSA) is 72.5 Å². The Balaban J connectivity index is 1.54. The van der Waals surface area contributed by atoms with Crippen molar-refractivity contribution >= 4 is 23.3 Å². The van der Waals surface area contributed by atoms with Gasteiger partial charge in [-0.05, 0) is 30.7 Å². The summed E-state index contributed by atoms with van der Waals surface area (Å²) < 4.78 is 5.30. The average Bonchev–Trinajstić information content (AvgIpc) is 2.78. The molecule has 29 heavy (non-hydrogen) atoms. The highest BCUT2D eigenvalue weighted by atomic mass is 16.5. The highest BCUT2D eigenvalue weighted by Crippen LogP contribution is 2.18. The molecule has 0 aliphatic carbocycles. The molecule has 0 saturated heterocycles. The van der Waals surface area contributed by atoms with E-state index in [1.807, 2.05) is 24.3 Å². The van der Waals surface area contributed by atoms with Crippen molar-refractivity contribution in [1.82, 2.24) is 0 Å². The van der Waals surface area contributed by atoms with Crippen LogP contribution in [0.3, 0.4) is 0 Å². The van der Waals surface area contributed by atoms with E-state index in [-0.39, 0.29) is 23.9 Å². The van der Waals surface area contributed by atoms with Crippen LogP contribution in [0.1, 0.15) is 43.9 Å². The van der Waals surface area contributed by atoms with Crippen LogP contribution in [0.4, 0.5) is 5.69 Å². The maximum absolute atomic E-state index is 12.4. The number of para-hydroxylation sites is 1. The van der Waals surface area contributed by atoms with Gasteiger partial charge in [0.25, 0.3) is 5.91 Å². The number of benzene rings is 3. The Labute approximate surface area is 169 Å². The van der Waals surface area contributed by atoms with Gasteiger partial charge >= 0.3 is 5.97 Å². The van der Waals surface area contributed by atoms with Crippen LogP contribution in [0, 0.1) is 0 Å². The van der Waals surface area contributed by atoms with E-state index in [0.717, 1.165) is 0 Å². The summed E-state index contributed by atoms with van der Waals surface area (Å²) in [6, 6.07) is 24.4. The molecule has 5 heteroatoms. The second kappa shape index (κ2) is 9.99. The summed E-state index contributed by atoms with van der Waals surface area (Å²) in [6.07, 6.45) is 0.724. The van der Waals surface area contributed by atoms with Crippen molar-refractivity contribution in [1.29, 1.82) is 0 Å². The van der Waals surface area contributed by atoms with Gasteiger partial charge in [0.15, 0.2) is 5.78 Å². The average molecular weight is 387 g/mol. The minimum absolute atomic E-state index is 0.0113. The van der Waals surface area contributed by atoms with Crippen LogP contribution in [0.2, 0.25) is 0 Å². The second-order valence-corrected chi connectivity index (χ2v) is 6.39. The number of nitrogens with one attached hydrogen (secondary N) is 1. The van der Waals surface area contributed by atoms with Gasteiger partial charge in [0.2, 0.25) is 0 Å². The fourth-order valence-corrected chi connectivity index (χ4v) is 2.80. The Bertz CT molecular complexity index is 984. The normalized spacial score (nSPS) is 10.2. The molecule has 1 amide bonds. The maximum Gasteiger partial charge on any atom is 0.340 e. The first-order valence-corrected chi connectivity index (χ1v) is 9.36. The summed E-state index contributed by atoms with van der Waals surface area (Å²) >= 11 is 0. The number of hydrogen-bond donors (Lipinski definition) is 1. The third kappa shape index (κ3) is 5.62. The van der Waals surface area contributed by atoms with Crippen LogP contribution in [0.25, 0.3) is 0 Å². The minimum atomic E-state index is -0.541. The Hall–Kier alpha value is -3.73. The Kier molecular flexibility index (Phi) is 6.90. The smallest absolute Gasteiger partial charge is 0.340 e. The molecule has 146 valence electrons. The lowest BCUT2D eigenvalue weighted by molar-refractivity contribution is 0.0495. The zero-order chi connectivity index (χ0) is 20.5. The lowest BCUT2D eigenvalue weighted by atomic mass is 10.1. The van der Waals surface area contributed by atoms with Crippen LogP contribution in [0.5, 0.6) is 0 Å². The van der Waals surface area contributed by atoms with Crippen LogP contribution >= 0.6 is 0 Å². The van der Waals surface area contributed by atoms with Gasteiger partial charge in [-0.1, -0.05) is 60.7 Å². The summed E-state index contributed by atoms with van der Waals surface area (Å²) in [6.45, 7) is 0.123. The molecule has 0 aliphatic heterocycles. The third-order valence-electron chi connectivity index (χ3n) is 4.31. The number of esters is 1. The van der Waals surface area contributed by atoms with E-state index in [9.17, 15) is 14.4 Å². The van der Waals surface area contributed by atoms with E-state index in [4.69, 9.17) is 4.74 Å². The quantitative estimate of drug-likeness (QED) is 0.344. The molecule has 0 heterocycles. The SMILES string of the molecule is O=C(CCCOC(=O)c1ccccc1NC(=O)c1ccccc1)c1ccccc1. The molecule has 0 spiro atoms. The molecular weight excluding hydrogens is 366 g/mol. The zero-order valence-corrected chi connectivity index (χ0v) is 15.8. The van der Waals surface area contributed by atoms with Gasteiger partial charge in [-0.15, -0.1) is 0 Å². The number of ketones is 1. The van der Waals surface area contributed by atoms with E-state index in [1.165, 1.54) is 0 Å². The Morgan fingerprint density at radius 2 is 1.31 bits per heavy atom. The van der Waals surface area contributed by atoms with Gasteiger partial charge in [-0.2, -0.15) is 0 Å². The van der Waals surface area contributed by atoms with Crippen molar-refractivity contribution in [2.24, 2.45) is 0 Å². The number of amides is 1. The summed E-state index contributed by atoms with van der Waals surface area (Å²) in [5.41, 5.74) is 1.79. The Morgan fingerprint density at radius 1 is 0.724 bits per heavy atom. The summed E-state index contributed by atoms with van der Waals surface area (Å²) in [5.74, 6) is -0.836. The van der Waals surface area contributed by atoms with Crippen molar-refractivity contribution in [2.45, 2.75) is 12.8 Å². The van der Waals surface area contributed by atoms with Gasteiger partial charge in [-0.25, -0.2) is 4.79 Å². The second-order valence-electron chi connectivity index (χ2n) is 6.39. The lowest BCUT2D eigenvalue weighted by Gasteiger charge is -2.11. The number of hydrogen-bond acceptors (Lipinski definition) is 4. The van der Waals surface area contributed by atoms with Crippen molar-refractivity contribution in [2.75, 3.05) is 11.9 Å². The molecule has 0 fully saturated rings. The van der Waals surface area contributed by atoms with Crippen LogP contribution in [0.15, 0.2) is 84.9 Å². The van der Waals surface area contributed by atoms with Crippen molar-refractivity contribution < 1.29 is 19.1 Å². The van der Waals surface area contributed by atoms with Crippen LogP contribution in [-0.2, 0) is 4.74 Å². The molecular formula is C24H21NO4. The molecule has 3 rings (SSSR count). The van der Waals surface area contributed by atoms with E-state index in [0.29, 0.717) is 29.7 Å². The van der Waals surface area contributed by atoms with Crippen molar-refractivity contribution in [3.8, 4) is 0 Å². The Morgan fingerprint density at radius 3 is 2.00 bits per heavy atom. The molecule has 0 radical (unpaired) electrons. The third-order valence-corrected chi connectivity index (χ3v) is 4.31. The fraction of sp³-hybridized carbons (Fsp3) is 0.125. The standard InChI is InChI=1S/C24H21NO4/c26-22(18-10-3-1-4-11-18)16-9-17-29-24(28)20-14-7-8-15-21(20)25-23(27)19-12-5-2-6-13-19/h1-8,10-15H,9,16-17H2,(H,25,27). The monoisotopic (exact) mass is 387 g/mol. The summed E-state index contributed by atoms with van der Waals surface area (Å²) in [4.78, 5) is 36.9. The molecule has 0 bridgehead atoms. The predicted octanol–water partition coefficient (Wildman–Crippen LogP) is 4.76. The molecule has 0 saturated carbocycles. The number of anilines is 1. The molecule has 0 aliphatic rings. The van der Waals surface area contributed by atoms with Gasteiger partial charge in [0.1, 0.15) is 0 Å². The van der Waals surface area contributed by atoms with E-state index < -0.39 is 5.97 Å². The first-order valence-electron chi connectivity index (χ1n) is 9.36. The largest absolute Gasteiger partial charge is 0.462 e. The molecule has 0 atom stereocenters. The number of carbonyl (C=O) groups excluding carboxylic acids is 3. The van der Waals surface area contributed by atoms with Crippen LogP contribution < -0.4 is 5.32 Å². The molecule has 5 nitrogen and oxygen atoms in total. The van der Waals surface area contributed by atoms with Gasteiger partial charge in [-0.3, -0.25) is 9.59 Å². The lowest BCUT2D eigenvalue weighted by Crippen LogP contribution is -2.16. The van der Waals surface area contributed by atoms with E-state index in [1.54, 1.807) is 60.7 Å². The zero-order valence-electron chi connectivity index (χ0n) is 15.8. The fourth-order valence-electron chi connectivity index (χ4n) is 2.80. The maximum atomic E-state index is 12.4. The van der Waals surface area contributed by atoms with E-state index in [2.05, 4.69) is 5.32 Å². The first kappa shape index (κ1) is 20.0. The molecule has 0 unspecified atom stereocenters. The molecule has 0 aromatic heterocycles. The molecule has 3 aromatic carbocycles. The summed E-state index contributed by atoms with van der Waals surface area (Å²) in [5, 5.41) is 2.74. The van der Waals surface area contributed by atoms with Gasteiger partial charge in [0, 0.05) is 17.5 Å². The number of carbonyl (C=O) groups is 3. The van der Waals surface area contributed by atoms with Crippen LogP contribution in [-0.4, -0.2) is 24.3 Å².